The number of hydrogen-bond donors (Lipinski definition) is 2. The van der Waals surface area contributed by atoms with Crippen LogP contribution in [0.15, 0.2) is 48.5 Å². The number of anilines is 1. The Balaban J connectivity index is 1.64. The molecule has 0 aliphatic carbocycles. The number of hydrogen-bond acceptors (Lipinski definition) is 5. The van der Waals surface area contributed by atoms with Gasteiger partial charge in [0.05, 0.1) is 18.2 Å². The molecule has 2 aromatic carbocycles. The van der Waals surface area contributed by atoms with Gasteiger partial charge in [-0.15, -0.1) is 0 Å². The van der Waals surface area contributed by atoms with E-state index < -0.39 is 23.5 Å². The summed E-state index contributed by atoms with van der Waals surface area (Å²) in [5.41, 5.74) is 5.98. The summed E-state index contributed by atoms with van der Waals surface area (Å²) >= 11 is 0. The van der Waals surface area contributed by atoms with Gasteiger partial charge in [-0.05, 0) is 48.9 Å². The molecule has 3 rings (SSSR count). The molecule has 0 fully saturated rings. The van der Waals surface area contributed by atoms with Crippen LogP contribution < -0.4 is 20.5 Å². The summed E-state index contributed by atoms with van der Waals surface area (Å²) < 4.78 is 62.3. The van der Waals surface area contributed by atoms with Gasteiger partial charge >= 0.3 is 6.18 Å². The average Bonchev–Trinajstić information content (AvgIpc) is 2.74. The second kappa shape index (κ2) is 9.13. The van der Waals surface area contributed by atoms with Crippen LogP contribution in [0, 0.1) is 12.7 Å². The highest BCUT2D eigenvalue weighted by atomic mass is 19.4. The first-order valence-corrected chi connectivity index (χ1v) is 9.31. The van der Waals surface area contributed by atoms with Gasteiger partial charge in [-0.25, -0.2) is 4.39 Å². The number of pyridine rings is 1. The molecule has 0 aliphatic heterocycles. The number of methoxy groups -OCH3 is 1. The number of aromatic nitrogens is 1. The van der Waals surface area contributed by atoms with Crippen LogP contribution in [0.4, 0.5) is 23.4 Å². The number of ether oxygens (including phenoxy) is 2. The Labute approximate surface area is 181 Å². The Morgan fingerprint density at radius 3 is 2.38 bits per heavy atom. The van der Waals surface area contributed by atoms with Crippen molar-refractivity contribution in [3.05, 3.63) is 76.6 Å². The highest BCUT2D eigenvalue weighted by molar-refractivity contribution is 5.98. The number of alkyl halides is 3. The number of carbonyl (C=O) groups is 1. The van der Waals surface area contributed by atoms with Crippen LogP contribution in [0.5, 0.6) is 17.4 Å². The third-order valence-corrected chi connectivity index (χ3v) is 4.49. The minimum Gasteiger partial charge on any atom is -0.481 e. The van der Waals surface area contributed by atoms with Gasteiger partial charge in [0.25, 0.3) is 5.91 Å². The van der Waals surface area contributed by atoms with Crippen LogP contribution in [0.25, 0.3) is 0 Å². The van der Waals surface area contributed by atoms with E-state index in [1.807, 2.05) is 0 Å². The molecular weight excluding hydrogens is 430 g/mol. The number of halogens is 4. The van der Waals surface area contributed by atoms with Crippen LogP contribution >= 0.6 is 0 Å². The van der Waals surface area contributed by atoms with Crippen molar-refractivity contribution in [3.63, 3.8) is 0 Å². The molecule has 0 saturated carbocycles. The standard InChI is InChI=1S/C22H19F4N3O3/c1-12-9-16(19(27)29-21(12)31-2)20(30)28-11-13-3-5-14(6-4-13)32-15-7-8-18(23)17(10-15)22(24,25)26/h3-10H,11H2,1-2H3,(H2,27,29)(H,28,30). The molecule has 0 unspecified atom stereocenters. The van der Waals surface area contributed by atoms with Crippen LogP contribution in [-0.4, -0.2) is 18.0 Å². The molecule has 0 radical (unpaired) electrons. The molecular formula is C22H19F4N3O3. The van der Waals surface area contributed by atoms with Crippen molar-refractivity contribution in [2.75, 3.05) is 12.8 Å². The number of aryl methyl sites for hydroxylation is 1. The molecule has 0 spiro atoms. The van der Waals surface area contributed by atoms with E-state index in [2.05, 4.69) is 10.3 Å². The number of nitrogens with one attached hydrogen (secondary N) is 1. The van der Waals surface area contributed by atoms with E-state index in [-0.39, 0.29) is 29.4 Å². The maximum absolute atomic E-state index is 13.4. The molecule has 0 aliphatic rings. The van der Waals surface area contributed by atoms with Gasteiger partial charge in [0.15, 0.2) is 0 Å². The summed E-state index contributed by atoms with van der Waals surface area (Å²) in [5, 5.41) is 2.71. The van der Waals surface area contributed by atoms with Crippen LogP contribution in [-0.2, 0) is 12.7 Å². The fraction of sp³-hybridized carbons (Fsp3) is 0.182. The van der Waals surface area contributed by atoms with Crippen molar-refractivity contribution in [1.82, 2.24) is 10.3 Å². The van der Waals surface area contributed by atoms with Gasteiger partial charge in [0, 0.05) is 12.1 Å². The molecule has 0 bridgehead atoms. The van der Waals surface area contributed by atoms with Gasteiger partial charge in [-0.3, -0.25) is 4.79 Å². The lowest BCUT2D eigenvalue weighted by molar-refractivity contribution is -0.140. The van der Waals surface area contributed by atoms with E-state index in [4.69, 9.17) is 15.2 Å². The van der Waals surface area contributed by atoms with Gasteiger partial charge in [-0.2, -0.15) is 18.2 Å². The largest absolute Gasteiger partial charge is 0.481 e. The highest BCUT2D eigenvalue weighted by Crippen LogP contribution is 2.34. The molecule has 0 atom stereocenters. The summed E-state index contributed by atoms with van der Waals surface area (Å²) in [6, 6.07) is 10.3. The third kappa shape index (κ3) is 5.26. The zero-order valence-electron chi connectivity index (χ0n) is 17.1. The van der Waals surface area contributed by atoms with Crippen LogP contribution in [0.2, 0.25) is 0 Å². The minimum atomic E-state index is -4.83. The predicted octanol–water partition coefficient (Wildman–Crippen LogP) is 4.86. The number of rotatable bonds is 6. The van der Waals surface area contributed by atoms with Gasteiger partial charge in [0.2, 0.25) is 5.88 Å². The molecule has 3 N–H and O–H groups in total. The van der Waals surface area contributed by atoms with Crippen molar-refractivity contribution < 1.29 is 31.8 Å². The normalized spacial score (nSPS) is 11.2. The fourth-order valence-corrected chi connectivity index (χ4v) is 2.87. The van der Waals surface area contributed by atoms with Crippen molar-refractivity contribution in [2.24, 2.45) is 0 Å². The van der Waals surface area contributed by atoms with Crippen LogP contribution in [0.1, 0.15) is 27.0 Å². The number of nitrogens with two attached hydrogens (primary N) is 1. The zero-order chi connectivity index (χ0) is 23.5. The van der Waals surface area contributed by atoms with E-state index in [1.54, 1.807) is 25.1 Å². The molecule has 1 amide bonds. The second-order valence-corrected chi connectivity index (χ2v) is 6.82. The number of amides is 1. The first-order valence-electron chi connectivity index (χ1n) is 9.31. The molecule has 0 saturated heterocycles. The molecule has 10 heteroatoms. The third-order valence-electron chi connectivity index (χ3n) is 4.49. The first-order chi connectivity index (χ1) is 15.1. The maximum Gasteiger partial charge on any atom is 0.419 e. The summed E-state index contributed by atoms with van der Waals surface area (Å²) in [6.45, 7) is 1.90. The number of nitrogen functional groups attached to an aromatic ring is 1. The Bertz CT molecular complexity index is 1130. The van der Waals surface area contributed by atoms with Gasteiger partial charge in [0.1, 0.15) is 23.1 Å². The molecule has 3 aromatic rings. The topological polar surface area (TPSA) is 86.5 Å². The number of nitrogens with zero attached hydrogens (tertiary/aromatic N) is 1. The smallest absolute Gasteiger partial charge is 0.419 e. The van der Waals surface area contributed by atoms with E-state index >= 15 is 0 Å². The Hall–Kier alpha value is -3.82. The lowest BCUT2D eigenvalue weighted by Gasteiger charge is -2.12. The quantitative estimate of drug-likeness (QED) is 0.525. The van der Waals surface area contributed by atoms with E-state index in [9.17, 15) is 22.4 Å². The predicted molar refractivity (Wildman–Crippen MR) is 109 cm³/mol. The summed E-state index contributed by atoms with van der Waals surface area (Å²) in [4.78, 5) is 16.4. The molecule has 32 heavy (non-hydrogen) atoms. The van der Waals surface area contributed by atoms with E-state index in [0.29, 0.717) is 29.1 Å². The average molecular weight is 449 g/mol. The van der Waals surface area contributed by atoms with Crippen molar-refractivity contribution in [2.45, 2.75) is 19.6 Å². The van der Waals surface area contributed by atoms with Gasteiger partial charge < -0.3 is 20.5 Å². The summed E-state index contributed by atoms with van der Waals surface area (Å²) in [6.07, 6.45) is -4.83. The van der Waals surface area contributed by atoms with E-state index in [0.717, 1.165) is 6.07 Å². The Morgan fingerprint density at radius 2 is 1.75 bits per heavy atom. The van der Waals surface area contributed by atoms with Crippen molar-refractivity contribution in [1.29, 1.82) is 0 Å². The SMILES string of the molecule is COc1nc(N)c(C(=O)NCc2ccc(Oc3ccc(F)c(C(F)(F)F)c3)cc2)cc1C. The fourth-order valence-electron chi connectivity index (χ4n) is 2.87. The second-order valence-electron chi connectivity index (χ2n) is 6.82. The van der Waals surface area contributed by atoms with Crippen molar-refractivity contribution >= 4 is 11.7 Å². The van der Waals surface area contributed by atoms with Crippen LogP contribution in [0.3, 0.4) is 0 Å². The monoisotopic (exact) mass is 449 g/mol. The molecule has 6 nitrogen and oxygen atoms in total. The number of benzene rings is 2. The Kier molecular flexibility index (Phi) is 6.52. The lowest BCUT2D eigenvalue weighted by Crippen LogP contribution is -2.24. The maximum atomic E-state index is 13.4. The minimum absolute atomic E-state index is 0.0335. The lowest BCUT2D eigenvalue weighted by atomic mass is 10.1. The Morgan fingerprint density at radius 1 is 1.09 bits per heavy atom. The molecule has 1 heterocycles. The molecule has 1 aromatic heterocycles. The highest BCUT2D eigenvalue weighted by Gasteiger charge is 2.34. The zero-order valence-corrected chi connectivity index (χ0v) is 17.1. The molecule has 168 valence electrons. The van der Waals surface area contributed by atoms with Crippen molar-refractivity contribution in [3.8, 4) is 17.4 Å². The summed E-state index contributed by atoms with van der Waals surface area (Å²) in [7, 11) is 1.45. The number of carbonyl (C=O) groups excluding carboxylic acids is 1. The van der Waals surface area contributed by atoms with E-state index in [1.165, 1.54) is 19.2 Å². The first kappa shape index (κ1) is 22.9. The van der Waals surface area contributed by atoms with Gasteiger partial charge in [-0.1, -0.05) is 12.1 Å². The summed E-state index contributed by atoms with van der Waals surface area (Å²) in [5.74, 6) is -1.34.